The number of aromatic nitrogens is 4. The number of thioether (sulfide) groups is 1. The van der Waals surface area contributed by atoms with Crippen LogP contribution in [0, 0.1) is 0 Å². The van der Waals surface area contributed by atoms with Crippen molar-refractivity contribution in [2.24, 2.45) is 0 Å². The number of amides is 2. The number of aliphatic hydroxyl groups is 2. The molecule has 5 N–H and O–H groups in total. The monoisotopic (exact) mass is 588 g/mol. The summed E-state index contributed by atoms with van der Waals surface area (Å²) < 4.78 is 7.67. The van der Waals surface area contributed by atoms with Crippen LogP contribution in [0.25, 0.3) is 11.2 Å². The van der Waals surface area contributed by atoms with E-state index in [1.165, 1.54) is 6.33 Å². The van der Waals surface area contributed by atoms with E-state index in [0.717, 1.165) is 57.4 Å². The number of rotatable bonds is 15. The Kier molecular flexibility index (Phi) is 8.91. The number of aliphatic hydroxyl groups excluding tert-OH is 2. The Labute approximate surface area is 243 Å². The minimum Gasteiger partial charge on any atom is -0.387 e. The summed E-state index contributed by atoms with van der Waals surface area (Å²) in [5.41, 5.74) is 1.12. The van der Waals surface area contributed by atoms with Gasteiger partial charge >= 0.3 is 6.03 Å². The van der Waals surface area contributed by atoms with E-state index in [1.807, 2.05) is 11.8 Å². The third-order valence-electron chi connectivity index (χ3n) is 8.51. The number of carbonyl (C=O) groups is 2. The molecule has 6 rings (SSSR count). The fourth-order valence-electron chi connectivity index (χ4n) is 6.05. The molecule has 4 aliphatic heterocycles. The number of ether oxygens (including phenoxy) is 1. The lowest BCUT2D eigenvalue weighted by Crippen LogP contribution is -2.36. The number of Topliss-reactive ketones (excluding diaryl/α,β-unsaturated/α-hetero) is 1. The number of fused-ring (bicyclic) bond motifs is 2. The maximum Gasteiger partial charge on any atom is 0.315 e. The van der Waals surface area contributed by atoms with E-state index in [1.54, 1.807) is 10.9 Å². The van der Waals surface area contributed by atoms with E-state index in [4.69, 9.17) is 4.74 Å². The number of urea groups is 1. The van der Waals surface area contributed by atoms with Crippen LogP contribution in [0.5, 0.6) is 0 Å². The Hall–Kier alpha value is -2.52. The molecule has 0 spiro atoms. The maximum atomic E-state index is 12.3. The van der Waals surface area contributed by atoms with Crippen molar-refractivity contribution in [2.45, 2.75) is 93.2 Å². The van der Waals surface area contributed by atoms with Gasteiger partial charge in [0, 0.05) is 50.0 Å². The molecule has 4 saturated heterocycles. The fourth-order valence-corrected chi connectivity index (χ4v) is 7.60. The fraction of sp³-hybridized carbons (Fsp3) is 0.741. The number of hydrogen-bond acceptors (Lipinski definition) is 11. The van der Waals surface area contributed by atoms with Crippen molar-refractivity contribution in [3.8, 4) is 0 Å². The van der Waals surface area contributed by atoms with Gasteiger partial charge in [-0.15, -0.1) is 0 Å². The molecular formula is C27H40N8O5S. The lowest BCUT2D eigenvalue weighted by atomic mass is 10.0. The molecule has 2 amide bonds. The van der Waals surface area contributed by atoms with Crippen molar-refractivity contribution in [1.82, 2.24) is 35.1 Å². The summed E-state index contributed by atoms with van der Waals surface area (Å²) in [6, 6.07) is 0.436. The van der Waals surface area contributed by atoms with Gasteiger partial charge in [0.25, 0.3) is 0 Å². The van der Waals surface area contributed by atoms with Gasteiger partial charge in [0.15, 0.2) is 23.2 Å². The molecule has 6 heterocycles. The lowest BCUT2D eigenvalue weighted by Gasteiger charge is -2.16. The van der Waals surface area contributed by atoms with Crippen molar-refractivity contribution >= 4 is 40.6 Å². The van der Waals surface area contributed by atoms with Crippen LogP contribution in [0.4, 0.5) is 10.6 Å². The van der Waals surface area contributed by atoms with Crippen LogP contribution in [-0.2, 0) is 9.53 Å². The van der Waals surface area contributed by atoms with Crippen LogP contribution in [0.2, 0.25) is 0 Å². The average Bonchev–Trinajstić information content (AvgIpc) is 3.23. The van der Waals surface area contributed by atoms with Crippen LogP contribution in [-0.4, -0.2) is 114 Å². The third kappa shape index (κ3) is 6.61. The highest BCUT2D eigenvalue weighted by atomic mass is 32.2. The summed E-state index contributed by atoms with van der Waals surface area (Å²) in [4.78, 5) is 39.2. The van der Waals surface area contributed by atoms with Gasteiger partial charge in [-0.1, -0.05) is 12.8 Å². The van der Waals surface area contributed by atoms with E-state index < -0.39 is 24.5 Å². The summed E-state index contributed by atoms with van der Waals surface area (Å²) in [6.07, 6.45) is 6.68. The number of anilines is 1. The summed E-state index contributed by atoms with van der Waals surface area (Å²) >= 11 is 1.92. The first-order valence-electron chi connectivity index (χ1n) is 14.8. The smallest absolute Gasteiger partial charge is 0.315 e. The molecule has 0 aliphatic carbocycles. The topological polar surface area (TPSA) is 167 Å². The number of ketones is 1. The summed E-state index contributed by atoms with van der Waals surface area (Å²) in [6.45, 7) is 3.26. The molecule has 0 bridgehead atoms. The van der Waals surface area contributed by atoms with Crippen LogP contribution < -0.4 is 16.0 Å². The van der Waals surface area contributed by atoms with Crippen molar-refractivity contribution in [3.63, 3.8) is 0 Å². The molecule has 2 aromatic rings. The second-order valence-corrected chi connectivity index (χ2v) is 12.8. The molecule has 4 aliphatic rings. The van der Waals surface area contributed by atoms with Gasteiger partial charge in [0.1, 0.15) is 30.4 Å². The first-order chi connectivity index (χ1) is 20.0. The number of nitrogens with one attached hydrogen (secondary N) is 3. The lowest BCUT2D eigenvalue weighted by molar-refractivity contribution is -0.119. The predicted molar refractivity (Wildman–Crippen MR) is 154 cm³/mol. The summed E-state index contributed by atoms with van der Waals surface area (Å²) in [5.74, 6) is 1.90. The third-order valence-corrected chi connectivity index (χ3v) is 10.0. The van der Waals surface area contributed by atoms with Gasteiger partial charge in [-0.2, -0.15) is 11.8 Å². The molecule has 0 aromatic carbocycles. The van der Waals surface area contributed by atoms with E-state index >= 15 is 0 Å². The molecule has 0 saturated carbocycles. The summed E-state index contributed by atoms with van der Waals surface area (Å²) in [5, 5.41) is 30.9. The molecule has 224 valence electrons. The van der Waals surface area contributed by atoms with Crippen LogP contribution in [0.15, 0.2) is 12.7 Å². The molecule has 0 radical (unpaired) electrons. The first kappa shape index (κ1) is 28.6. The van der Waals surface area contributed by atoms with E-state index in [-0.39, 0.29) is 18.1 Å². The molecule has 41 heavy (non-hydrogen) atoms. The van der Waals surface area contributed by atoms with Gasteiger partial charge in [-0.25, -0.2) is 19.7 Å². The van der Waals surface area contributed by atoms with Crippen LogP contribution in [0.3, 0.4) is 0 Å². The molecule has 4 unspecified atom stereocenters. The van der Waals surface area contributed by atoms with Crippen LogP contribution in [0.1, 0.15) is 57.6 Å². The standard InChI is InChI=1S/C27H40N8O5S/c36-16(7-3-4-8-19-20-17(13-41-19)32-27(39)33-20)6-2-1-5-9-28-24-21-25(30-14-29-24)35(15-31-21)26-23(38)22(37)18(40-26)12-34-10-11-34/h14-15,17-20,22-23,26,37-38H,1-13H2,(H,28,29,30)(H2,32,33,39)/t17?,18-,19?,20?,22?,23+,26-/m1/s1. The van der Waals surface area contributed by atoms with Gasteiger partial charge < -0.3 is 30.9 Å². The molecular weight excluding hydrogens is 548 g/mol. The van der Waals surface area contributed by atoms with E-state index in [9.17, 15) is 19.8 Å². The highest BCUT2D eigenvalue weighted by Gasteiger charge is 2.46. The predicted octanol–water partition coefficient (Wildman–Crippen LogP) is 1.03. The van der Waals surface area contributed by atoms with E-state index in [0.29, 0.717) is 53.9 Å². The normalized spacial score (nSPS) is 30.9. The van der Waals surface area contributed by atoms with Crippen molar-refractivity contribution in [2.75, 3.05) is 37.2 Å². The zero-order chi connectivity index (χ0) is 28.3. The highest BCUT2D eigenvalue weighted by Crippen LogP contribution is 2.34. The average molecular weight is 589 g/mol. The molecule has 13 nitrogen and oxygen atoms in total. The number of hydrogen-bond donors (Lipinski definition) is 5. The molecule has 14 heteroatoms. The van der Waals surface area contributed by atoms with Gasteiger partial charge in [0.2, 0.25) is 0 Å². The number of imidazole rings is 1. The number of nitrogens with zero attached hydrogens (tertiary/aromatic N) is 5. The number of carbonyl (C=O) groups excluding carboxylic acids is 2. The zero-order valence-electron chi connectivity index (χ0n) is 23.2. The first-order valence-corrected chi connectivity index (χ1v) is 15.9. The largest absolute Gasteiger partial charge is 0.387 e. The van der Waals surface area contributed by atoms with Gasteiger partial charge in [-0.05, 0) is 25.7 Å². The Bertz CT molecular complexity index is 1230. The zero-order valence-corrected chi connectivity index (χ0v) is 24.0. The quantitative estimate of drug-likeness (QED) is 0.115. The maximum absolute atomic E-state index is 12.3. The van der Waals surface area contributed by atoms with Crippen molar-refractivity contribution in [1.29, 1.82) is 0 Å². The minimum atomic E-state index is -1.07. The van der Waals surface area contributed by atoms with E-state index in [2.05, 4.69) is 35.8 Å². The van der Waals surface area contributed by atoms with Crippen LogP contribution >= 0.6 is 11.8 Å². The molecule has 2 aromatic heterocycles. The molecule has 7 atom stereocenters. The summed E-state index contributed by atoms with van der Waals surface area (Å²) in [7, 11) is 0. The SMILES string of the molecule is O=C(CCCCCNc1ncnc2c1ncn2[C@@H]1O[C@H](CN2CC2)C(O)[C@@H]1O)CCCCC1SCC2NC(=O)NC21. The van der Waals surface area contributed by atoms with Gasteiger partial charge in [-0.3, -0.25) is 14.3 Å². The Morgan fingerprint density at radius 3 is 2.73 bits per heavy atom. The molecule has 4 fully saturated rings. The number of unbranched alkanes of at least 4 members (excludes halogenated alkanes) is 3. The van der Waals surface area contributed by atoms with Crippen molar-refractivity contribution < 1.29 is 24.5 Å². The Morgan fingerprint density at radius 1 is 1.07 bits per heavy atom. The second-order valence-electron chi connectivity index (χ2n) is 11.5. The minimum absolute atomic E-state index is 0.0517. The Balaban J connectivity index is 0.880. The van der Waals surface area contributed by atoms with Gasteiger partial charge in [0.05, 0.1) is 18.4 Å². The second kappa shape index (κ2) is 12.8. The highest BCUT2D eigenvalue weighted by molar-refractivity contribution is 8.00. The van der Waals surface area contributed by atoms with Crippen molar-refractivity contribution in [3.05, 3.63) is 12.7 Å². The Morgan fingerprint density at radius 2 is 1.90 bits per heavy atom.